The van der Waals surface area contributed by atoms with Crippen LogP contribution in [0.5, 0.6) is 5.75 Å². The van der Waals surface area contributed by atoms with Crippen molar-refractivity contribution >= 4 is 23.3 Å². The Morgan fingerprint density at radius 2 is 2.00 bits per heavy atom. The molecule has 7 heteroatoms. The number of esters is 1. The van der Waals surface area contributed by atoms with Crippen molar-refractivity contribution in [2.45, 2.75) is 32.6 Å². The summed E-state index contributed by atoms with van der Waals surface area (Å²) in [6, 6.07) is 8.10. The quantitative estimate of drug-likeness (QED) is 0.243. The van der Waals surface area contributed by atoms with Crippen molar-refractivity contribution in [2.75, 3.05) is 13.0 Å². The van der Waals surface area contributed by atoms with Crippen LogP contribution in [0.4, 0.5) is 0 Å². The number of para-hydroxylation sites is 1. The molecule has 0 fully saturated rings. The Bertz CT molecular complexity index is 545. The average Bonchev–Trinajstić information content (AvgIpc) is 2.45. The molecule has 0 radical (unpaired) electrons. The Hall–Kier alpha value is -1.42. The predicted octanol–water partition coefficient (Wildman–Crippen LogP) is 2.68. The predicted molar refractivity (Wildman–Crippen MR) is 95.1 cm³/mol. The second-order valence-electron chi connectivity index (χ2n) is 6.19. The van der Waals surface area contributed by atoms with Gasteiger partial charge in [-0.05, 0) is 44.2 Å². The largest absolute Gasteiger partial charge is 0.508 e. The van der Waals surface area contributed by atoms with Crippen molar-refractivity contribution in [3.8, 4) is 5.75 Å². The Balaban J connectivity index is 2.37. The van der Waals surface area contributed by atoms with Gasteiger partial charge < -0.3 is 18.7 Å². The van der Waals surface area contributed by atoms with Crippen LogP contribution in [-0.2, 0) is 24.4 Å². The van der Waals surface area contributed by atoms with E-state index >= 15 is 0 Å². The molecule has 1 aromatic carbocycles. The third-order valence-electron chi connectivity index (χ3n) is 3.10. The summed E-state index contributed by atoms with van der Waals surface area (Å²) in [5.74, 6) is -0.136. The summed E-state index contributed by atoms with van der Waals surface area (Å²) >= 11 is 0. The fourth-order valence-corrected chi connectivity index (χ4v) is 8.78. The molecule has 0 amide bonds. The molecule has 0 spiro atoms. The molecule has 5 nitrogen and oxygen atoms in total. The molecule has 128 valence electrons. The number of benzene rings is 1. The molecule has 0 saturated heterocycles. The third-order valence-corrected chi connectivity index (χ3v) is 9.20. The Morgan fingerprint density at radius 1 is 1.35 bits per heavy atom. The van der Waals surface area contributed by atoms with E-state index in [-0.39, 0.29) is 6.79 Å². The minimum Gasteiger partial charge on any atom is -0.508 e. The molecular formula is C16H26O5Si2. The van der Waals surface area contributed by atoms with Crippen molar-refractivity contribution in [3.63, 3.8) is 0 Å². The summed E-state index contributed by atoms with van der Waals surface area (Å²) in [6.45, 7) is 11.3. The molecule has 23 heavy (non-hydrogen) atoms. The van der Waals surface area contributed by atoms with E-state index in [0.29, 0.717) is 17.6 Å². The number of carbonyl (C=O) groups excluding carboxylic acids is 1. The van der Waals surface area contributed by atoms with E-state index in [1.54, 1.807) is 13.0 Å². The van der Waals surface area contributed by atoms with Gasteiger partial charge in [-0.15, -0.1) is 0 Å². The summed E-state index contributed by atoms with van der Waals surface area (Å²) in [4.78, 5) is 11.2. The molecule has 1 atom stereocenters. The molecule has 1 rings (SSSR count). The SMILES string of the molecule is C=C(C)C(=O)OCOC[SiH](C)O[Si](C)(C)Cc1ccccc1O. The maximum absolute atomic E-state index is 11.2. The Labute approximate surface area is 140 Å². The van der Waals surface area contributed by atoms with Crippen molar-refractivity contribution < 1.29 is 23.5 Å². The highest BCUT2D eigenvalue weighted by Crippen LogP contribution is 2.22. The van der Waals surface area contributed by atoms with Crippen LogP contribution < -0.4 is 0 Å². The second-order valence-corrected chi connectivity index (χ2v) is 13.0. The molecular weight excluding hydrogens is 328 g/mol. The van der Waals surface area contributed by atoms with E-state index in [9.17, 15) is 9.90 Å². The van der Waals surface area contributed by atoms with Gasteiger partial charge in [0, 0.05) is 5.57 Å². The van der Waals surface area contributed by atoms with Crippen LogP contribution in [0.3, 0.4) is 0 Å². The van der Waals surface area contributed by atoms with Crippen LogP contribution in [0.1, 0.15) is 12.5 Å². The first-order valence-electron chi connectivity index (χ1n) is 7.56. The van der Waals surface area contributed by atoms with Gasteiger partial charge in [-0.2, -0.15) is 0 Å². The summed E-state index contributed by atoms with van der Waals surface area (Å²) in [6.07, 6.45) is 0.473. The van der Waals surface area contributed by atoms with Crippen LogP contribution in [0.15, 0.2) is 36.4 Å². The van der Waals surface area contributed by atoms with Gasteiger partial charge in [0.05, 0.1) is 6.23 Å². The van der Waals surface area contributed by atoms with Crippen molar-refractivity contribution in [1.29, 1.82) is 0 Å². The summed E-state index contributed by atoms with van der Waals surface area (Å²) < 4.78 is 16.5. The first-order valence-corrected chi connectivity index (χ1v) is 13.1. The molecule has 0 aliphatic rings. The number of carbonyl (C=O) groups is 1. The van der Waals surface area contributed by atoms with Gasteiger partial charge in [0.1, 0.15) is 5.75 Å². The fraction of sp³-hybridized carbons (Fsp3) is 0.438. The van der Waals surface area contributed by atoms with Gasteiger partial charge in [-0.25, -0.2) is 4.79 Å². The van der Waals surface area contributed by atoms with E-state index in [0.717, 1.165) is 11.6 Å². The van der Waals surface area contributed by atoms with Gasteiger partial charge in [0.2, 0.25) is 0 Å². The normalized spacial score (nSPS) is 12.7. The number of phenolic OH excluding ortho intramolecular Hbond substituents is 1. The van der Waals surface area contributed by atoms with E-state index in [1.165, 1.54) is 0 Å². The summed E-state index contributed by atoms with van der Waals surface area (Å²) in [5, 5.41) is 9.88. The zero-order valence-corrected chi connectivity index (χ0v) is 16.5. The molecule has 0 saturated carbocycles. The third kappa shape index (κ3) is 7.60. The zero-order chi connectivity index (χ0) is 17.5. The van der Waals surface area contributed by atoms with E-state index in [1.807, 2.05) is 18.2 Å². The van der Waals surface area contributed by atoms with Crippen LogP contribution >= 0.6 is 0 Å². The van der Waals surface area contributed by atoms with Gasteiger partial charge in [-0.1, -0.05) is 24.8 Å². The van der Waals surface area contributed by atoms with Gasteiger partial charge in [0.15, 0.2) is 24.2 Å². The first-order chi connectivity index (χ1) is 10.7. The maximum atomic E-state index is 11.2. The molecule has 0 heterocycles. The molecule has 0 aliphatic carbocycles. The standard InChI is InChI=1S/C16H26O5Si2/c1-13(2)16(18)20-11-19-12-22(3)21-23(4,5)10-14-8-6-7-9-15(14)17/h6-9,17,22H,1,10-12H2,2-5H3. The first kappa shape index (κ1) is 19.6. The van der Waals surface area contributed by atoms with Crippen LogP contribution in [0.25, 0.3) is 0 Å². The number of aromatic hydroxyl groups is 1. The lowest BCUT2D eigenvalue weighted by atomic mass is 10.2. The Kier molecular flexibility index (Phi) is 7.70. The van der Waals surface area contributed by atoms with Crippen LogP contribution in [-0.4, -0.2) is 41.5 Å². The minimum absolute atomic E-state index is 0.0755. The molecule has 0 aromatic heterocycles. The minimum atomic E-state index is -1.94. The van der Waals surface area contributed by atoms with Crippen LogP contribution in [0, 0.1) is 0 Å². The summed E-state index contributed by atoms with van der Waals surface area (Å²) in [7, 11) is -3.47. The zero-order valence-electron chi connectivity index (χ0n) is 14.3. The monoisotopic (exact) mass is 354 g/mol. The van der Waals surface area contributed by atoms with Crippen molar-refractivity contribution in [2.24, 2.45) is 0 Å². The van der Waals surface area contributed by atoms with Gasteiger partial charge >= 0.3 is 5.97 Å². The van der Waals surface area contributed by atoms with Gasteiger partial charge in [-0.3, -0.25) is 0 Å². The van der Waals surface area contributed by atoms with Crippen molar-refractivity contribution in [3.05, 3.63) is 42.0 Å². The number of hydrogen-bond donors (Lipinski definition) is 1. The number of ether oxygens (including phenoxy) is 2. The lowest BCUT2D eigenvalue weighted by Gasteiger charge is -2.27. The smallest absolute Gasteiger partial charge is 0.335 e. The van der Waals surface area contributed by atoms with Crippen molar-refractivity contribution in [1.82, 2.24) is 0 Å². The second kappa shape index (κ2) is 9.02. The number of hydrogen-bond acceptors (Lipinski definition) is 5. The lowest BCUT2D eigenvalue weighted by molar-refractivity contribution is -0.150. The topological polar surface area (TPSA) is 65.0 Å². The molecule has 1 aromatic rings. The molecule has 0 bridgehead atoms. The maximum Gasteiger partial charge on any atom is 0.335 e. The van der Waals surface area contributed by atoms with Gasteiger partial charge in [0.25, 0.3) is 0 Å². The van der Waals surface area contributed by atoms with E-state index < -0.39 is 23.3 Å². The van der Waals surface area contributed by atoms with Crippen LogP contribution in [0.2, 0.25) is 19.6 Å². The fourth-order valence-electron chi connectivity index (χ4n) is 2.17. The Morgan fingerprint density at radius 3 is 2.61 bits per heavy atom. The van der Waals surface area contributed by atoms with E-state index in [2.05, 4.69) is 26.2 Å². The lowest BCUT2D eigenvalue weighted by Crippen LogP contribution is -2.41. The average molecular weight is 355 g/mol. The molecule has 0 aliphatic heterocycles. The number of phenols is 1. The highest BCUT2D eigenvalue weighted by molar-refractivity contribution is 6.77. The molecule has 1 N–H and O–H groups in total. The summed E-state index contributed by atoms with van der Waals surface area (Å²) in [5.41, 5.74) is 1.27. The highest BCUT2D eigenvalue weighted by Gasteiger charge is 2.27. The highest BCUT2D eigenvalue weighted by atomic mass is 28.4. The van der Waals surface area contributed by atoms with E-state index in [4.69, 9.17) is 13.6 Å². The molecule has 1 unspecified atom stereocenters. The number of rotatable bonds is 9.